The molecule has 1 fully saturated rings. The van der Waals surface area contributed by atoms with Crippen LogP contribution in [0.15, 0.2) is 4.52 Å². The van der Waals surface area contributed by atoms with Gasteiger partial charge in [-0.3, -0.25) is 4.79 Å². The van der Waals surface area contributed by atoms with Crippen molar-refractivity contribution in [3.05, 3.63) is 17.0 Å². The Bertz CT molecular complexity index is 468. The maximum Gasteiger partial charge on any atom is 0.259 e. The summed E-state index contributed by atoms with van der Waals surface area (Å²) in [5, 5.41) is 13.5. The molecule has 1 amide bonds. The Balaban J connectivity index is 2.31. The maximum atomic E-state index is 12.8. The highest BCUT2D eigenvalue weighted by molar-refractivity contribution is 5.96. The molecular weight excluding hydrogens is 256 g/mol. The van der Waals surface area contributed by atoms with Gasteiger partial charge in [0.2, 0.25) is 0 Å². The molecule has 5 nitrogen and oxygen atoms in total. The lowest BCUT2D eigenvalue weighted by atomic mass is 10.0. The molecule has 0 radical (unpaired) electrons. The van der Waals surface area contributed by atoms with Crippen molar-refractivity contribution in [2.45, 2.75) is 58.4 Å². The third-order valence-electron chi connectivity index (χ3n) is 3.98. The zero-order valence-corrected chi connectivity index (χ0v) is 12.6. The van der Waals surface area contributed by atoms with Crippen LogP contribution in [0.3, 0.4) is 0 Å². The van der Waals surface area contributed by atoms with Gasteiger partial charge in [0.1, 0.15) is 5.56 Å². The highest BCUT2D eigenvalue weighted by Crippen LogP contribution is 2.26. The van der Waals surface area contributed by atoms with Crippen molar-refractivity contribution < 1.29 is 14.4 Å². The highest BCUT2D eigenvalue weighted by Gasteiger charge is 2.31. The molecule has 0 aliphatic carbocycles. The van der Waals surface area contributed by atoms with E-state index < -0.39 is 0 Å². The zero-order chi connectivity index (χ0) is 14.7. The summed E-state index contributed by atoms with van der Waals surface area (Å²) in [7, 11) is 0. The second-order valence-corrected chi connectivity index (χ2v) is 5.85. The van der Waals surface area contributed by atoms with Crippen molar-refractivity contribution in [3.63, 3.8) is 0 Å². The van der Waals surface area contributed by atoms with Crippen molar-refractivity contribution in [2.75, 3.05) is 13.2 Å². The lowest BCUT2D eigenvalue weighted by molar-refractivity contribution is 0.0596. The van der Waals surface area contributed by atoms with Crippen molar-refractivity contribution >= 4 is 5.91 Å². The van der Waals surface area contributed by atoms with Gasteiger partial charge in [0.15, 0.2) is 5.76 Å². The summed E-state index contributed by atoms with van der Waals surface area (Å²) in [4.78, 5) is 14.6. The monoisotopic (exact) mass is 280 g/mol. The number of nitrogens with zero attached hydrogens (tertiary/aromatic N) is 2. The molecule has 112 valence electrons. The minimum absolute atomic E-state index is 0.0209. The molecule has 1 saturated heterocycles. The number of rotatable bonds is 3. The summed E-state index contributed by atoms with van der Waals surface area (Å²) >= 11 is 0. The van der Waals surface area contributed by atoms with E-state index in [-0.39, 0.29) is 24.5 Å². The Morgan fingerprint density at radius 2 is 2.20 bits per heavy atom. The van der Waals surface area contributed by atoms with Gasteiger partial charge >= 0.3 is 0 Å². The average Bonchev–Trinajstić information content (AvgIpc) is 2.67. The maximum absolute atomic E-state index is 12.8. The fraction of sp³-hybridized carbons (Fsp3) is 0.733. The Morgan fingerprint density at radius 3 is 2.85 bits per heavy atom. The number of carbonyl (C=O) groups excluding carboxylic acids is 1. The molecule has 0 aromatic carbocycles. The van der Waals surface area contributed by atoms with Crippen LogP contribution in [0.25, 0.3) is 0 Å². The molecule has 1 aliphatic heterocycles. The molecule has 2 rings (SSSR count). The number of aliphatic hydroxyl groups excluding tert-OH is 1. The third kappa shape index (κ3) is 2.87. The van der Waals surface area contributed by atoms with Crippen LogP contribution in [0, 0.1) is 6.92 Å². The van der Waals surface area contributed by atoms with Gasteiger partial charge in [-0.2, -0.15) is 0 Å². The van der Waals surface area contributed by atoms with Crippen LogP contribution in [0.2, 0.25) is 0 Å². The molecule has 1 aromatic heterocycles. The van der Waals surface area contributed by atoms with E-state index in [1.807, 2.05) is 13.8 Å². The topological polar surface area (TPSA) is 66.6 Å². The van der Waals surface area contributed by atoms with Gasteiger partial charge < -0.3 is 14.5 Å². The number of carbonyl (C=O) groups is 1. The summed E-state index contributed by atoms with van der Waals surface area (Å²) in [5.74, 6) is 0.719. The first-order valence-corrected chi connectivity index (χ1v) is 7.44. The number of aryl methyl sites for hydroxylation is 1. The van der Waals surface area contributed by atoms with Gasteiger partial charge in [0.25, 0.3) is 5.91 Å². The van der Waals surface area contributed by atoms with Crippen LogP contribution in [0.1, 0.15) is 67.3 Å². The number of aliphatic hydroxyl groups is 1. The van der Waals surface area contributed by atoms with Gasteiger partial charge in [-0.15, -0.1) is 0 Å². The Hall–Kier alpha value is -1.36. The molecule has 1 N–H and O–H groups in total. The Labute approximate surface area is 119 Å². The average molecular weight is 280 g/mol. The molecular formula is C15H24N2O3. The summed E-state index contributed by atoms with van der Waals surface area (Å²) in [6.45, 7) is 6.50. The predicted molar refractivity (Wildman–Crippen MR) is 75.7 cm³/mol. The number of hydrogen-bond donors (Lipinski definition) is 1. The fourth-order valence-electron chi connectivity index (χ4n) is 2.82. The molecule has 1 aliphatic rings. The lowest BCUT2D eigenvalue weighted by Gasteiger charge is -2.28. The van der Waals surface area contributed by atoms with Gasteiger partial charge in [-0.05, 0) is 19.8 Å². The highest BCUT2D eigenvalue weighted by atomic mass is 16.5. The SMILES string of the molecule is Cc1noc(C(C)C)c1C(=O)N1CCCCCC1CO. The first-order chi connectivity index (χ1) is 9.56. The van der Waals surface area contributed by atoms with Crippen LogP contribution in [-0.2, 0) is 0 Å². The second kappa shape index (κ2) is 6.39. The van der Waals surface area contributed by atoms with Crippen molar-refractivity contribution in [2.24, 2.45) is 0 Å². The van der Waals surface area contributed by atoms with Gasteiger partial charge in [0.05, 0.1) is 18.3 Å². The molecule has 2 heterocycles. The van der Waals surface area contributed by atoms with Gasteiger partial charge in [-0.25, -0.2) is 0 Å². The number of hydrogen-bond acceptors (Lipinski definition) is 4. The minimum Gasteiger partial charge on any atom is -0.394 e. The molecule has 1 aromatic rings. The van der Waals surface area contributed by atoms with E-state index in [0.717, 1.165) is 25.7 Å². The summed E-state index contributed by atoms with van der Waals surface area (Å²) in [6, 6.07) is -0.0840. The van der Waals surface area contributed by atoms with E-state index in [2.05, 4.69) is 5.16 Å². The van der Waals surface area contributed by atoms with E-state index in [4.69, 9.17) is 4.52 Å². The summed E-state index contributed by atoms with van der Waals surface area (Å²) < 4.78 is 5.31. The summed E-state index contributed by atoms with van der Waals surface area (Å²) in [6.07, 6.45) is 4.03. The van der Waals surface area contributed by atoms with Crippen molar-refractivity contribution in [3.8, 4) is 0 Å². The molecule has 1 unspecified atom stereocenters. The Morgan fingerprint density at radius 1 is 1.45 bits per heavy atom. The number of amides is 1. The van der Waals surface area contributed by atoms with E-state index in [1.165, 1.54) is 0 Å². The quantitative estimate of drug-likeness (QED) is 0.923. The standard InChI is InChI=1S/C15H24N2O3/c1-10(2)14-13(11(3)16-20-14)15(19)17-8-6-4-5-7-12(17)9-18/h10,12,18H,4-9H2,1-3H3. The normalized spacial score (nSPS) is 20.2. The molecule has 5 heteroatoms. The molecule has 0 bridgehead atoms. The van der Waals surface area contributed by atoms with Crippen LogP contribution in [0.5, 0.6) is 0 Å². The minimum atomic E-state index is -0.0840. The smallest absolute Gasteiger partial charge is 0.259 e. The first-order valence-electron chi connectivity index (χ1n) is 7.44. The molecule has 1 atom stereocenters. The summed E-state index contributed by atoms with van der Waals surface area (Å²) in [5.41, 5.74) is 1.22. The van der Waals surface area contributed by atoms with E-state index >= 15 is 0 Å². The fourth-order valence-corrected chi connectivity index (χ4v) is 2.82. The third-order valence-corrected chi connectivity index (χ3v) is 3.98. The van der Waals surface area contributed by atoms with Crippen molar-refractivity contribution in [1.29, 1.82) is 0 Å². The molecule has 0 spiro atoms. The van der Waals surface area contributed by atoms with Crippen LogP contribution >= 0.6 is 0 Å². The lowest BCUT2D eigenvalue weighted by Crippen LogP contribution is -2.42. The molecule has 20 heavy (non-hydrogen) atoms. The predicted octanol–water partition coefficient (Wildman–Crippen LogP) is 2.48. The van der Waals surface area contributed by atoms with E-state index in [9.17, 15) is 9.90 Å². The van der Waals surface area contributed by atoms with E-state index in [0.29, 0.717) is 23.6 Å². The van der Waals surface area contributed by atoms with Crippen LogP contribution in [0.4, 0.5) is 0 Å². The molecule has 0 saturated carbocycles. The first kappa shape index (κ1) is 15.0. The Kier molecular flexibility index (Phi) is 4.81. The largest absolute Gasteiger partial charge is 0.394 e. The van der Waals surface area contributed by atoms with Gasteiger partial charge in [-0.1, -0.05) is 31.8 Å². The van der Waals surface area contributed by atoms with Crippen LogP contribution in [-0.4, -0.2) is 40.3 Å². The zero-order valence-electron chi connectivity index (χ0n) is 12.6. The van der Waals surface area contributed by atoms with Gasteiger partial charge in [0, 0.05) is 12.5 Å². The number of likely N-dealkylation sites (tertiary alicyclic amines) is 1. The van der Waals surface area contributed by atoms with Crippen molar-refractivity contribution in [1.82, 2.24) is 10.1 Å². The van der Waals surface area contributed by atoms with E-state index in [1.54, 1.807) is 11.8 Å². The number of aromatic nitrogens is 1. The van der Waals surface area contributed by atoms with Crippen LogP contribution < -0.4 is 0 Å². The second-order valence-electron chi connectivity index (χ2n) is 5.85.